The molecule has 8 nitrogen and oxygen atoms in total. The molecule has 0 saturated carbocycles. The number of nitrogens with zero attached hydrogens (tertiary/aromatic N) is 5. The molecule has 3 heterocycles. The average molecular weight is 394 g/mol. The van der Waals surface area contributed by atoms with Gasteiger partial charge in [0.1, 0.15) is 11.9 Å². The van der Waals surface area contributed by atoms with Gasteiger partial charge in [-0.3, -0.25) is 0 Å². The molecular weight excluding hydrogens is 376 g/mol. The minimum atomic E-state index is -0.498. The zero-order valence-corrected chi connectivity index (χ0v) is 16.4. The zero-order valence-electron chi connectivity index (χ0n) is 15.6. The second-order valence-corrected chi connectivity index (χ2v) is 7.04. The molecule has 0 radical (unpaired) electrons. The average Bonchev–Trinajstić information content (AvgIpc) is 3.23. The predicted molar refractivity (Wildman–Crippen MR) is 107 cm³/mol. The van der Waals surface area contributed by atoms with Gasteiger partial charge in [-0.1, -0.05) is 23.8 Å². The Labute approximate surface area is 165 Å². The van der Waals surface area contributed by atoms with Crippen molar-refractivity contribution in [3.8, 4) is 11.3 Å². The SMILES string of the molecule is CCOC(=O)c1cncnc1Nc1nc2scc(-c3ccc(C)cc3C)n2n1. The summed E-state index contributed by atoms with van der Waals surface area (Å²) in [7, 11) is 0. The number of aryl methyl sites for hydroxylation is 2. The number of hydrogen-bond donors (Lipinski definition) is 1. The van der Waals surface area contributed by atoms with E-state index in [1.165, 1.54) is 35.0 Å². The van der Waals surface area contributed by atoms with Gasteiger partial charge in [0.2, 0.25) is 10.9 Å². The number of carbonyl (C=O) groups is 1. The van der Waals surface area contributed by atoms with Crippen LogP contribution in [0.15, 0.2) is 36.1 Å². The van der Waals surface area contributed by atoms with E-state index in [9.17, 15) is 4.79 Å². The van der Waals surface area contributed by atoms with Crippen LogP contribution in [0, 0.1) is 13.8 Å². The van der Waals surface area contributed by atoms with Crippen LogP contribution in [0.2, 0.25) is 0 Å². The molecule has 0 bridgehead atoms. The maximum absolute atomic E-state index is 12.1. The number of aromatic nitrogens is 5. The van der Waals surface area contributed by atoms with E-state index in [-0.39, 0.29) is 12.2 Å². The van der Waals surface area contributed by atoms with Crippen molar-refractivity contribution in [2.45, 2.75) is 20.8 Å². The topological polar surface area (TPSA) is 94.3 Å². The Morgan fingerprint density at radius 1 is 1.32 bits per heavy atom. The lowest BCUT2D eigenvalue weighted by atomic mass is 10.0. The van der Waals surface area contributed by atoms with Crippen LogP contribution in [0.3, 0.4) is 0 Å². The van der Waals surface area contributed by atoms with E-state index in [0.29, 0.717) is 11.8 Å². The van der Waals surface area contributed by atoms with Crippen molar-refractivity contribution in [1.29, 1.82) is 0 Å². The Morgan fingerprint density at radius 2 is 2.18 bits per heavy atom. The van der Waals surface area contributed by atoms with Crippen molar-refractivity contribution in [3.63, 3.8) is 0 Å². The molecule has 0 unspecified atom stereocenters. The number of rotatable bonds is 5. The molecule has 0 amide bonds. The minimum absolute atomic E-state index is 0.233. The third-order valence-electron chi connectivity index (χ3n) is 4.18. The fourth-order valence-electron chi connectivity index (χ4n) is 2.91. The molecule has 0 aliphatic rings. The molecule has 28 heavy (non-hydrogen) atoms. The summed E-state index contributed by atoms with van der Waals surface area (Å²) >= 11 is 1.50. The summed E-state index contributed by atoms with van der Waals surface area (Å²) in [5.41, 5.74) is 4.68. The van der Waals surface area contributed by atoms with E-state index in [1.807, 2.05) is 5.38 Å². The smallest absolute Gasteiger partial charge is 0.343 e. The molecule has 0 spiro atoms. The Bertz CT molecular complexity index is 1170. The fraction of sp³-hybridized carbons (Fsp3) is 0.211. The van der Waals surface area contributed by atoms with Crippen molar-refractivity contribution < 1.29 is 9.53 Å². The van der Waals surface area contributed by atoms with Gasteiger partial charge in [-0.2, -0.15) is 4.98 Å². The second-order valence-electron chi connectivity index (χ2n) is 6.20. The summed E-state index contributed by atoms with van der Waals surface area (Å²) in [6.07, 6.45) is 2.76. The van der Waals surface area contributed by atoms with Crippen LogP contribution in [0.4, 0.5) is 11.8 Å². The highest BCUT2D eigenvalue weighted by molar-refractivity contribution is 7.15. The molecule has 1 aromatic carbocycles. The van der Waals surface area contributed by atoms with Crippen LogP contribution < -0.4 is 5.32 Å². The highest BCUT2D eigenvalue weighted by atomic mass is 32.1. The maximum atomic E-state index is 12.1. The molecule has 0 aliphatic carbocycles. The number of fused-ring (bicyclic) bond motifs is 1. The van der Waals surface area contributed by atoms with Crippen molar-refractivity contribution >= 4 is 34.0 Å². The third kappa shape index (κ3) is 3.31. The Kier molecular flexibility index (Phi) is 4.74. The van der Waals surface area contributed by atoms with Gasteiger partial charge in [0.25, 0.3) is 0 Å². The van der Waals surface area contributed by atoms with Crippen LogP contribution >= 0.6 is 11.3 Å². The quantitative estimate of drug-likeness (QED) is 0.515. The van der Waals surface area contributed by atoms with Crippen molar-refractivity contribution in [2.75, 3.05) is 11.9 Å². The van der Waals surface area contributed by atoms with Crippen molar-refractivity contribution in [2.24, 2.45) is 0 Å². The van der Waals surface area contributed by atoms with Gasteiger partial charge in [0.15, 0.2) is 5.82 Å². The molecule has 4 aromatic rings. The number of esters is 1. The first-order valence-electron chi connectivity index (χ1n) is 8.73. The lowest BCUT2D eigenvalue weighted by Crippen LogP contribution is -2.10. The first-order valence-corrected chi connectivity index (χ1v) is 9.61. The molecule has 142 valence electrons. The summed E-state index contributed by atoms with van der Waals surface area (Å²) in [4.78, 5) is 25.4. The zero-order chi connectivity index (χ0) is 19.7. The van der Waals surface area contributed by atoms with E-state index >= 15 is 0 Å². The van der Waals surface area contributed by atoms with Gasteiger partial charge in [0, 0.05) is 17.1 Å². The maximum Gasteiger partial charge on any atom is 0.343 e. The molecule has 0 atom stereocenters. The van der Waals surface area contributed by atoms with E-state index in [0.717, 1.165) is 16.2 Å². The molecule has 0 aliphatic heterocycles. The lowest BCUT2D eigenvalue weighted by Gasteiger charge is -2.07. The molecule has 3 aromatic heterocycles. The molecular formula is C19H18N6O2S. The van der Waals surface area contributed by atoms with Crippen LogP contribution in [0.5, 0.6) is 0 Å². The number of nitrogens with one attached hydrogen (secondary N) is 1. The standard InChI is InChI=1S/C19H18N6O2S/c1-4-27-17(26)14-8-20-10-21-16(14)22-18-23-19-25(24-18)15(9-28-19)13-6-5-11(2)7-12(13)3/h5-10H,4H2,1-3H3,(H,20,21,22,24). The van der Waals surface area contributed by atoms with E-state index in [1.54, 1.807) is 11.4 Å². The Balaban J connectivity index is 1.69. The van der Waals surface area contributed by atoms with Gasteiger partial charge in [0.05, 0.1) is 12.3 Å². The van der Waals surface area contributed by atoms with Gasteiger partial charge in [-0.15, -0.1) is 16.4 Å². The van der Waals surface area contributed by atoms with Gasteiger partial charge in [-0.25, -0.2) is 19.3 Å². The monoisotopic (exact) mass is 394 g/mol. The summed E-state index contributed by atoms with van der Waals surface area (Å²) in [5.74, 6) is 0.157. The summed E-state index contributed by atoms with van der Waals surface area (Å²) in [6.45, 7) is 6.16. The number of hydrogen-bond acceptors (Lipinski definition) is 8. The van der Waals surface area contributed by atoms with Crippen LogP contribution in [0.25, 0.3) is 16.2 Å². The van der Waals surface area contributed by atoms with Crippen LogP contribution in [0.1, 0.15) is 28.4 Å². The first-order chi connectivity index (χ1) is 13.6. The largest absolute Gasteiger partial charge is 0.462 e. The summed E-state index contributed by atoms with van der Waals surface area (Å²) in [6, 6.07) is 6.31. The van der Waals surface area contributed by atoms with Crippen molar-refractivity contribution in [1.82, 2.24) is 24.6 Å². The normalized spacial score (nSPS) is 11.0. The number of thiazole rings is 1. The lowest BCUT2D eigenvalue weighted by molar-refractivity contribution is 0.0526. The minimum Gasteiger partial charge on any atom is -0.462 e. The Morgan fingerprint density at radius 3 is 2.96 bits per heavy atom. The molecule has 1 N–H and O–H groups in total. The van der Waals surface area contributed by atoms with Gasteiger partial charge in [-0.05, 0) is 26.3 Å². The number of carbonyl (C=O) groups excluding carboxylic acids is 1. The second kappa shape index (κ2) is 7.35. The van der Waals surface area contributed by atoms with E-state index in [2.05, 4.69) is 57.4 Å². The summed E-state index contributed by atoms with van der Waals surface area (Å²) in [5, 5.41) is 9.58. The first kappa shape index (κ1) is 18.1. The summed E-state index contributed by atoms with van der Waals surface area (Å²) < 4.78 is 6.83. The van der Waals surface area contributed by atoms with Crippen molar-refractivity contribution in [3.05, 3.63) is 52.8 Å². The Hall–Kier alpha value is -3.33. The highest BCUT2D eigenvalue weighted by Crippen LogP contribution is 2.29. The van der Waals surface area contributed by atoms with Crippen LogP contribution in [-0.4, -0.2) is 37.1 Å². The molecule has 0 fully saturated rings. The highest BCUT2D eigenvalue weighted by Gasteiger charge is 2.18. The van der Waals surface area contributed by atoms with Crippen LogP contribution in [-0.2, 0) is 4.74 Å². The number of ether oxygens (including phenoxy) is 1. The predicted octanol–water partition coefficient (Wildman–Crippen LogP) is 3.78. The molecule has 4 rings (SSSR count). The van der Waals surface area contributed by atoms with Gasteiger partial charge >= 0.3 is 5.97 Å². The number of benzene rings is 1. The number of anilines is 2. The third-order valence-corrected chi connectivity index (χ3v) is 4.99. The fourth-order valence-corrected chi connectivity index (χ4v) is 3.74. The van der Waals surface area contributed by atoms with E-state index in [4.69, 9.17) is 4.74 Å². The van der Waals surface area contributed by atoms with E-state index < -0.39 is 5.97 Å². The van der Waals surface area contributed by atoms with Gasteiger partial charge < -0.3 is 10.1 Å². The molecule has 0 saturated heterocycles. The molecule has 9 heteroatoms.